The van der Waals surface area contributed by atoms with E-state index >= 15 is 0 Å². The second-order valence-corrected chi connectivity index (χ2v) is 9.71. The molecule has 38 heavy (non-hydrogen) atoms. The molecule has 0 amide bonds. The Kier molecular flexibility index (Phi) is 6.33. The predicted octanol–water partition coefficient (Wildman–Crippen LogP) is 6.13. The van der Waals surface area contributed by atoms with Gasteiger partial charge in [0.2, 0.25) is 29.0 Å². The van der Waals surface area contributed by atoms with Crippen molar-refractivity contribution in [1.82, 2.24) is 0 Å². The van der Waals surface area contributed by atoms with Crippen LogP contribution in [0.25, 0.3) is 16.7 Å². The van der Waals surface area contributed by atoms with Crippen LogP contribution in [0.5, 0.6) is 5.75 Å². The zero-order chi connectivity index (χ0) is 26.1. The molecule has 2 heterocycles. The van der Waals surface area contributed by atoms with E-state index in [-0.39, 0.29) is 35.5 Å². The summed E-state index contributed by atoms with van der Waals surface area (Å²) in [7, 11) is 0. The van der Waals surface area contributed by atoms with Crippen molar-refractivity contribution in [3.8, 4) is 5.75 Å². The van der Waals surface area contributed by atoms with E-state index in [2.05, 4.69) is 5.32 Å². The van der Waals surface area contributed by atoms with Gasteiger partial charge in [-0.1, -0.05) is 60.7 Å². The number of fused-ring (bicyclic) bond motifs is 1. The third-order valence-corrected chi connectivity index (χ3v) is 6.83. The van der Waals surface area contributed by atoms with Gasteiger partial charge in [-0.2, -0.15) is 0 Å². The third-order valence-electron chi connectivity index (χ3n) is 6.83. The number of hydrogen-bond acceptors (Lipinski definition) is 7. The van der Waals surface area contributed by atoms with Crippen molar-refractivity contribution in [1.29, 1.82) is 5.41 Å². The van der Waals surface area contributed by atoms with Crippen molar-refractivity contribution in [3.05, 3.63) is 112 Å². The number of rotatable bonds is 9. The van der Waals surface area contributed by atoms with E-state index < -0.39 is 6.29 Å². The molecule has 2 N–H and O–H groups in total. The summed E-state index contributed by atoms with van der Waals surface area (Å²) in [4.78, 5) is 13.8. The van der Waals surface area contributed by atoms with Gasteiger partial charge in [-0.25, -0.2) is 0 Å². The van der Waals surface area contributed by atoms with E-state index in [1.165, 1.54) is 6.26 Å². The van der Waals surface area contributed by atoms with Crippen molar-refractivity contribution in [2.45, 2.75) is 38.7 Å². The van der Waals surface area contributed by atoms with E-state index in [0.717, 1.165) is 23.2 Å². The maximum absolute atomic E-state index is 13.8. The first-order valence-corrected chi connectivity index (χ1v) is 12.7. The van der Waals surface area contributed by atoms with Gasteiger partial charge in [0, 0.05) is 29.8 Å². The lowest BCUT2D eigenvalue weighted by atomic mass is 10.1. The third kappa shape index (κ3) is 5.00. The van der Waals surface area contributed by atoms with E-state index in [0.29, 0.717) is 28.9 Å². The maximum atomic E-state index is 13.8. The summed E-state index contributed by atoms with van der Waals surface area (Å²) in [5.41, 5.74) is 3.62. The average molecular weight is 509 g/mol. The highest BCUT2D eigenvalue weighted by atomic mass is 16.7. The Morgan fingerprint density at radius 3 is 2.47 bits per heavy atom. The van der Waals surface area contributed by atoms with E-state index in [1.807, 2.05) is 73.7 Å². The van der Waals surface area contributed by atoms with Gasteiger partial charge in [-0.05, 0) is 42.7 Å². The number of hydrogen-bond donors (Lipinski definition) is 2. The highest BCUT2D eigenvalue weighted by Gasteiger charge is 2.38. The van der Waals surface area contributed by atoms with Gasteiger partial charge in [0.1, 0.15) is 18.5 Å². The van der Waals surface area contributed by atoms with Crippen molar-refractivity contribution in [2.24, 2.45) is 5.92 Å². The first-order chi connectivity index (χ1) is 18.5. The highest BCUT2D eigenvalue weighted by molar-refractivity contribution is 5.87. The van der Waals surface area contributed by atoms with Crippen LogP contribution < -0.4 is 15.5 Å². The molecule has 1 fully saturated rings. The van der Waals surface area contributed by atoms with Crippen LogP contribution >= 0.6 is 0 Å². The molecule has 7 nitrogen and oxygen atoms in total. The number of anilines is 1. The summed E-state index contributed by atoms with van der Waals surface area (Å²) >= 11 is 0. The highest BCUT2D eigenvalue weighted by Crippen LogP contribution is 2.37. The zero-order valence-electron chi connectivity index (χ0n) is 21.0. The first-order valence-electron chi connectivity index (χ1n) is 12.7. The summed E-state index contributed by atoms with van der Waals surface area (Å²) < 4.78 is 24.1. The Hall–Kier alpha value is -4.52. The summed E-state index contributed by atoms with van der Waals surface area (Å²) in [5, 5.41) is 11.7. The molecule has 7 heteroatoms. The van der Waals surface area contributed by atoms with Gasteiger partial charge in [0.05, 0.1) is 5.39 Å². The van der Waals surface area contributed by atoms with Crippen LogP contribution in [0.4, 0.5) is 5.69 Å². The molecule has 1 aliphatic carbocycles. The Balaban J connectivity index is 1.31. The van der Waals surface area contributed by atoms with Gasteiger partial charge in [-0.3, -0.25) is 4.79 Å². The lowest BCUT2D eigenvalue weighted by Gasteiger charge is -2.15. The first kappa shape index (κ1) is 23.9. The molecule has 0 bridgehead atoms. The molecular weight excluding hydrogens is 480 g/mol. The molecule has 0 radical (unpaired) electrons. The molecule has 1 aliphatic heterocycles. The minimum absolute atomic E-state index is 0.0772. The number of ether oxygens (including phenoxy) is 3. The van der Waals surface area contributed by atoms with Gasteiger partial charge in [0.25, 0.3) is 0 Å². The lowest BCUT2D eigenvalue weighted by Crippen LogP contribution is -2.14. The van der Waals surface area contributed by atoms with Crippen molar-refractivity contribution in [2.75, 3.05) is 5.32 Å². The Morgan fingerprint density at radius 2 is 1.76 bits per heavy atom. The summed E-state index contributed by atoms with van der Waals surface area (Å²) in [6, 6.07) is 25.2. The smallest absolute Gasteiger partial charge is 0.244 e. The van der Waals surface area contributed by atoms with Crippen molar-refractivity contribution in [3.63, 3.8) is 0 Å². The van der Waals surface area contributed by atoms with Crippen LogP contribution in [0.3, 0.4) is 0 Å². The van der Waals surface area contributed by atoms with Crippen LogP contribution in [-0.2, 0) is 22.5 Å². The minimum atomic E-state index is -0.536. The zero-order valence-corrected chi connectivity index (χ0v) is 21.0. The molecule has 0 saturated heterocycles. The summed E-state index contributed by atoms with van der Waals surface area (Å²) in [6.07, 6.45) is 2.41. The van der Waals surface area contributed by atoms with Crippen LogP contribution in [-0.4, -0.2) is 18.0 Å². The fourth-order valence-electron chi connectivity index (χ4n) is 4.68. The van der Waals surface area contributed by atoms with Crippen LogP contribution in [0, 0.1) is 11.3 Å². The maximum Gasteiger partial charge on any atom is 0.244 e. The second-order valence-electron chi connectivity index (χ2n) is 9.71. The van der Waals surface area contributed by atoms with Gasteiger partial charge in [0.15, 0.2) is 0 Å². The molecule has 3 aromatic carbocycles. The van der Waals surface area contributed by atoms with E-state index in [9.17, 15) is 4.79 Å². The van der Waals surface area contributed by atoms with E-state index in [4.69, 9.17) is 24.0 Å². The second kappa shape index (κ2) is 10.1. The lowest BCUT2D eigenvalue weighted by molar-refractivity contribution is -0.0146. The Bertz CT molecular complexity index is 1560. The van der Waals surface area contributed by atoms with Gasteiger partial charge in [-0.15, -0.1) is 0 Å². The number of benzene rings is 3. The topological polar surface area (TPSA) is 93.8 Å². The van der Waals surface area contributed by atoms with Crippen molar-refractivity contribution < 1.29 is 18.6 Å². The molecular formula is C31H28N2O5. The van der Waals surface area contributed by atoms with Gasteiger partial charge < -0.3 is 29.4 Å². The summed E-state index contributed by atoms with van der Waals surface area (Å²) in [5.74, 6) is 0.840. The van der Waals surface area contributed by atoms with Crippen LogP contribution in [0.15, 0.2) is 94.3 Å². The standard InChI is InChI=1S/C31H28N2O5/c1-19(32)23-16-25(23)33-22-12-13-26-24(15-22)29(34)31(36-17-21-10-6-3-7-11-21)30(38-26)27-18-35-28(37-27)14-20-8-4-2-5-9-20/h2-13,15,18,23,25,28,32-33H,14,16-17H2,1H3. The largest absolute Gasteiger partial charge is 0.481 e. The average Bonchev–Trinajstić information content (AvgIpc) is 3.56. The van der Waals surface area contributed by atoms with Crippen LogP contribution in [0.1, 0.15) is 30.2 Å². The molecule has 3 atom stereocenters. The molecule has 3 unspecified atom stereocenters. The summed E-state index contributed by atoms with van der Waals surface area (Å²) in [6.45, 7) is 2.03. The monoisotopic (exact) mass is 508 g/mol. The molecule has 192 valence electrons. The number of nitrogens with one attached hydrogen (secondary N) is 2. The van der Waals surface area contributed by atoms with Crippen molar-refractivity contribution >= 4 is 28.1 Å². The Labute approximate surface area is 220 Å². The molecule has 6 rings (SSSR count). The quantitative estimate of drug-likeness (QED) is 0.264. The predicted molar refractivity (Wildman–Crippen MR) is 146 cm³/mol. The molecule has 0 spiro atoms. The normalized spacial score (nSPS) is 19.8. The Morgan fingerprint density at radius 1 is 1.03 bits per heavy atom. The molecule has 2 aliphatic rings. The molecule has 1 aromatic heterocycles. The van der Waals surface area contributed by atoms with Crippen LogP contribution in [0.2, 0.25) is 0 Å². The minimum Gasteiger partial charge on any atom is -0.481 e. The molecule has 1 saturated carbocycles. The molecule has 4 aromatic rings. The fraction of sp³-hybridized carbons (Fsp3) is 0.226. The van der Waals surface area contributed by atoms with E-state index in [1.54, 1.807) is 12.1 Å². The fourth-order valence-corrected chi connectivity index (χ4v) is 4.68. The SMILES string of the molecule is CC(=N)C1CC1Nc1ccc2oc(C3=COC(Cc4ccccc4)O3)c(OCc3ccccc3)c(=O)c2c1. The van der Waals surface area contributed by atoms with Gasteiger partial charge >= 0.3 is 0 Å².